The van der Waals surface area contributed by atoms with Crippen LogP contribution in [0.3, 0.4) is 0 Å². The Kier molecular flexibility index (Phi) is 4.63. The number of aromatic amines is 2. The summed E-state index contributed by atoms with van der Waals surface area (Å²) < 4.78 is 41.2. The molecule has 132 valence electrons. The van der Waals surface area contributed by atoms with Crippen LogP contribution in [0.25, 0.3) is 11.0 Å². The second kappa shape index (κ2) is 6.45. The fourth-order valence-corrected chi connectivity index (χ4v) is 4.21. The van der Waals surface area contributed by atoms with Gasteiger partial charge in [0.15, 0.2) is 0 Å². The van der Waals surface area contributed by atoms with E-state index in [1.54, 1.807) is 0 Å². The van der Waals surface area contributed by atoms with Crippen LogP contribution in [0.15, 0.2) is 40.0 Å². The Balaban J connectivity index is 1.94. The van der Waals surface area contributed by atoms with E-state index in [1.165, 1.54) is 31.2 Å². The van der Waals surface area contributed by atoms with Gasteiger partial charge in [-0.3, -0.25) is 0 Å². The van der Waals surface area contributed by atoms with Gasteiger partial charge in [-0.05, 0) is 42.8 Å². The van der Waals surface area contributed by atoms with Crippen LogP contribution in [0.1, 0.15) is 18.5 Å². The zero-order valence-corrected chi connectivity index (χ0v) is 15.1. The van der Waals surface area contributed by atoms with Gasteiger partial charge in [0.1, 0.15) is 5.82 Å². The molecule has 0 fully saturated rings. The quantitative estimate of drug-likeness (QED) is 0.582. The molecule has 1 aromatic heterocycles. The predicted molar refractivity (Wildman–Crippen MR) is 94.1 cm³/mol. The van der Waals surface area contributed by atoms with Crippen LogP contribution in [0.4, 0.5) is 4.39 Å². The van der Waals surface area contributed by atoms with Crippen LogP contribution < -0.4 is 10.4 Å². The third-order valence-corrected chi connectivity index (χ3v) is 5.79. The molecule has 10 heteroatoms. The Morgan fingerprint density at radius 3 is 2.48 bits per heavy atom. The second-order valence-corrected chi connectivity index (χ2v) is 7.95. The summed E-state index contributed by atoms with van der Waals surface area (Å²) in [6, 6.07) is 5.66. The molecule has 3 N–H and O–H groups in total. The molecule has 0 aliphatic heterocycles. The first-order valence-electron chi connectivity index (χ1n) is 7.06. The van der Waals surface area contributed by atoms with Crippen molar-refractivity contribution in [2.24, 2.45) is 0 Å². The summed E-state index contributed by atoms with van der Waals surface area (Å²) in [7, 11) is -3.93. The van der Waals surface area contributed by atoms with Crippen molar-refractivity contribution >= 4 is 44.3 Å². The van der Waals surface area contributed by atoms with Crippen molar-refractivity contribution in [3.63, 3.8) is 0 Å². The summed E-state index contributed by atoms with van der Waals surface area (Å²) in [5.41, 5.74) is 0.661. The van der Waals surface area contributed by atoms with Crippen LogP contribution >= 0.6 is 23.2 Å². The number of rotatable bonds is 4. The molecule has 0 saturated carbocycles. The molecule has 0 amide bonds. The first-order chi connectivity index (χ1) is 11.7. The minimum atomic E-state index is -3.93. The topological polar surface area (TPSA) is 94.8 Å². The third kappa shape index (κ3) is 3.57. The minimum Gasteiger partial charge on any atom is -0.306 e. The second-order valence-electron chi connectivity index (χ2n) is 5.42. The molecule has 0 aliphatic rings. The van der Waals surface area contributed by atoms with Gasteiger partial charge in [-0.15, -0.1) is 0 Å². The van der Waals surface area contributed by atoms with E-state index >= 15 is 0 Å². The Bertz CT molecular complexity index is 1120. The smallest absolute Gasteiger partial charge is 0.306 e. The predicted octanol–water partition coefficient (Wildman–Crippen LogP) is 3.34. The number of sulfonamides is 1. The maximum absolute atomic E-state index is 13.6. The van der Waals surface area contributed by atoms with Gasteiger partial charge in [0.2, 0.25) is 10.0 Å². The number of aromatic nitrogens is 2. The van der Waals surface area contributed by atoms with E-state index in [9.17, 15) is 17.6 Å². The van der Waals surface area contributed by atoms with Crippen LogP contribution in [-0.2, 0) is 10.0 Å². The van der Waals surface area contributed by atoms with Crippen molar-refractivity contribution in [2.45, 2.75) is 17.9 Å². The van der Waals surface area contributed by atoms with Crippen LogP contribution in [0, 0.1) is 5.82 Å². The average molecular weight is 404 g/mol. The van der Waals surface area contributed by atoms with Crippen molar-refractivity contribution in [3.05, 3.63) is 62.2 Å². The van der Waals surface area contributed by atoms with Crippen molar-refractivity contribution in [3.8, 4) is 0 Å². The lowest BCUT2D eigenvalue weighted by Crippen LogP contribution is -2.27. The average Bonchev–Trinajstić information content (AvgIpc) is 2.89. The first kappa shape index (κ1) is 17.9. The monoisotopic (exact) mass is 403 g/mol. The third-order valence-electron chi connectivity index (χ3n) is 3.64. The molecule has 1 atom stereocenters. The van der Waals surface area contributed by atoms with Crippen molar-refractivity contribution < 1.29 is 12.8 Å². The highest BCUT2D eigenvalue weighted by molar-refractivity contribution is 7.89. The molecule has 0 aliphatic carbocycles. The van der Waals surface area contributed by atoms with Gasteiger partial charge in [-0.2, -0.15) is 0 Å². The standard InChI is InChI=1S/C15H12Cl2FN3O3S/c1-7(9-5-12(18)11(17)6-10(9)16)21-25(23,24)8-2-3-13-14(4-8)20-15(22)19-13/h2-7,21H,1H3,(H2,19,20,22)/t7-/m1/s1. The summed E-state index contributed by atoms with van der Waals surface area (Å²) in [6.45, 7) is 1.53. The molecule has 0 bridgehead atoms. The zero-order chi connectivity index (χ0) is 18.4. The molecular formula is C15H12Cl2FN3O3S. The minimum absolute atomic E-state index is 0.0485. The molecular weight excluding hydrogens is 392 g/mol. The molecule has 6 nitrogen and oxygen atoms in total. The molecule has 3 rings (SSSR count). The van der Waals surface area contributed by atoms with Crippen LogP contribution in [0.5, 0.6) is 0 Å². The summed E-state index contributed by atoms with van der Waals surface area (Å²) >= 11 is 11.7. The zero-order valence-electron chi connectivity index (χ0n) is 12.7. The Labute approximate surface area is 152 Å². The van der Waals surface area contributed by atoms with Crippen molar-refractivity contribution in [1.29, 1.82) is 0 Å². The van der Waals surface area contributed by atoms with E-state index in [0.29, 0.717) is 11.0 Å². The molecule has 3 aromatic rings. The first-order valence-corrected chi connectivity index (χ1v) is 9.30. The maximum Gasteiger partial charge on any atom is 0.323 e. The number of nitrogens with one attached hydrogen (secondary N) is 3. The van der Waals surface area contributed by atoms with Gasteiger partial charge in [0.05, 0.1) is 21.0 Å². The lowest BCUT2D eigenvalue weighted by Gasteiger charge is -2.16. The van der Waals surface area contributed by atoms with E-state index in [4.69, 9.17) is 23.2 Å². The Morgan fingerprint density at radius 1 is 1.08 bits per heavy atom. The summed E-state index contributed by atoms with van der Waals surface area (Å²) in [6.07, 6.45) is 0. The van der Waals surface area contributed by atoms with Crippen LogP contribution in [-0.4, -0.2) is 18.4 Å². The molecule has 0 radical (unpaired) electrons. The van der Waals surface area contributed by atoms with E-state index in [1.807, 2.05) is 0 Å². The van der Waals surface area contributed by atoms with E-state index in [2.05, 4.69) is 14.7 Å². The highest BCUT2D eigenvalue weighted by Gasteiger charge is 2.21. The van der Waals surface area contributed by atoms with E-state index in [-0.39, 0.29) is 20.5 Å². The van der Waals surface area contributed by atoms with Gasteiger partial charge in [0, 0.05) is 11.1 Å². The number of fused-ring (bicyclic) bond motifs is 1. The van der Waals surface area contributed by atoms with Gasteiger partial charge >= 0.3 is 5.69 Å². The number of imidazole rings is 1. The van der Waals surface area contributed by atoms with Gasteiger partial charge in [-0.25, -0.2) is 22.3 Å². The van der Waals surface area contributed by atoms with Crippen molar-refractivity contribution in [1.82, 2.24) is 14.7 Å². The Morgan fingerprint density at radius 2 is 1.76 bits per heavy atom. The fourth-order valence-electron chi connectivity index (χ4n) is 2.41. The highest BCUT2D eigenvalue weighted by Crippen LogP contribution is 2.29. The SMILES string of the molecule is C[C@@H](NS(=O)(=O)c1ccc2[nH]c(=O)[nH]c2c1)c1cc(F)c(Cl)cc1Cl. The van der Waals surface area contributed by atoms with Crippen LogP contribution in [0.2, 0.25) is 10.0 Å². The fraction of sp³-hybridized carbons (Fsp3) is 0.133. The number of halogens is 3. The molecule has 0 saturated heterocycles. The number of hydrogen-bond acceptors (Lipinski definition) is 3. The normalized spacial score (nSPS) is 13.3. The molecule has 0 unspecified atom stereocenters. The molecule has 2 aromatic carbocycles. The van der Waals surface area contributed by atoms with E-state index < -0.39 is 27.6 Å². The van der Waals surface area contributed by atoms with Crippen molar-refractivity contribution in [2.75, 3.05) is 0 Å². The lowest BCUT2D eigenvalue weighted by atomic mass is 10.1. The summed E-state index contributed by atoms with van der Waals surface area (Å²) in [5, 5.41) is -0.00214. The number of benzene rings is 2. The van der Waals surface area contributed by atoms with Gasteiger partial charge < -0.3 is 9.97 Å². The maximum atomic E-state index is 13.6. The Hall–Kier alpha value is -1.87. The summed E-state index contributed by atoms with van der Waals surface area (Å²) in [5.74, 6) is -0.696. The van der Waals surface area contributed by atoms with Gasteiger partial charge in [-0.1, -0.05) is 23.2 Å². The highest BCUT2D eigenvalue weighted by atomic mass is 35.5. The lowest BCUT2D eigenvalue weighted by molar-refractivity contribution is 0.565. The number of H-pyrrole nitrogens is 2. The molecule has 1 heterocycles. The largest absolute Gasteiger partial charge is 0.323 e. The van der Waals surface area contributed by atoms with E-state index in [0.717, 1.165) is 6.07 Å². The summed E-state index contributed by atoms with van der Waals surface area (Å²) in [4.78, 5) is 16.2. The molecule has 25 heavy (non-hydrogen) atoms. The number of hydrogen-bond donors (Lipinski definition) is 3. The van der Waals surface area contributed by atoms with Gasteiger partial charge in [0.25, 0.3) is 0 Å². The molecule has 0 spiro atoms.